The Labute approximate surface area is 82.5 Å². The highest BCUT2D eigenvalue weighted by Crippen LogP contribution is 1.92. The fraction of sp³-hybridized carbons (Fsp3) is 0.750. The Morgan fingerprint density at radius 2 is 2.36 bits per heavy atom. The van der Waals surface area contributed by atoms with Gasteiger partial charge in [-0.2, -0.15) is 5.21 Å². The third-order valence-electron chi connectivity index (χ3n) is 1.81. The van der Waals surface area contributed by atoms with E-state index in [1.54, 1.807) is 0 Å². The number of nitrogens with one attached hydrogen (secondary N) is 2. The van der Waals surface area contributed by atoms with Gasteiger partial charge in [-0.25, -0.2) is 0 Å². The average molecular weight is 197 g/mol. The molecule has 1 aromatic rings. The first kappa shape index (κ1) is 10.6. The Morgan fingerprint density at radius 1 is 1.50 bits per heavy atom. The lowest BCUT2D eigenvalue weighted by Gasteiger charge is -2.01. The van der Waals surface area contributed by atoms with Gasteiger partial charge in [0, 0.05) is 6.54 Å². The van der Waals surface area contributed by atoms with Gasteiger partial charge in [-0.15, -0.1) is 10.2 Å². The minimum Gasteiger partial charge on any atom is -0.356 e. The van der Waals surface area contributed by atoms with Crippen molar-refractivity contribution in [2.45, 2.75) is 32.6 Å². The van der Waals surface area contributed by atoms with Crippen LogP contribution in [-0.4, -0.2) is 33.1 Å². The number of rotatable bonds is 6. The summed E-state index contributed by atoms with van der Waals surface area (Å²) in [5.41, 5.74) is 0. The molecule has 78 valence electrons. The van der Waals surface area contributed by atoms with E-state index in [2.05, 4.69) is 32.9 Å². The molecule has 0 saturated carbocycles. The van der Waals surface area contributed by atoms with Crippen LogP contribution < -0.4 is 5.32 Å². The molecule has 6 heteroatoms. The molecule has 0 aromatic carbocycles. The average Bonchev–Trinajstić information content (AvgIpc) is 2.65. The Balaban J connectivity index is 2.11. The van der Waals surface area contributed by atoms with E-state index in [0.717, 1.165) is 25.8 Å². The minimum atomic E-state index is -0.0532. The normalized spacial score (nSPS) is 10.1. The molecule has 0 aliphatic carbocycles. The van der Waals surface area contributed by atoms with Crippen molar-refractivity contribution in [1.82, 2.24) is 25.9 Å². The first-order valence-corrected chi connectivity index (χ1v) is 4.82. The van der Waals surface area contributed by atoms with Crippen LogP contribution in [-0.2, 0) is 11.2 Å². The highest BCUT2D eigenvalue weighted by molar-refractivity contribution is 5.77. The van der Waals surface area contributed by atoms with Crippen LogP contribution >= 0.6 is 0 Å². The third kappa shape index (κ3) is 3.97. The van der Waals surface area contributed by atoms with E-state index < -0.39 is 0 Å². The van der Waals surface area contributed by atoms with Gasteiger partial charge >= 0.3 is 0 Å². The van der Waals surface area contributed by atoms with Crippen LogP contribution in [0, 0.1) is 0 Å². The molecule has 0 spiro atoms. The van der Waals surface area contributed by atoms with E-state index in [0.29, 0.717) is 5.82 Å². The van der Waals surface area contributed by atoms with Crippen molar-refractivity contribution in [2.24, 2.45) is 0 Å². The number of aromatic amines is 1. The molecule has 0 aliphatic heterocycles. The van der Waals surface area contributed by atoms with Gasteiger partial charge in [0.1, 0.15) is 0 Å². The summed E-state index contributed by atoms with van der Waals surface area (Å²) < 4.78 is 0. The fourth-order valence-corrected chi connectivity index (χ4v) is 1.07. The summed E-state index contributed by atoms with van der Waals surface area (Å²) in [5, 5.41) is 15.9. The summed E-state index contributed by atoms with van der Waals surface area (Å²) in [6, 6.07) is 0. The van der Waals surface area contributed by atoms with Gasteiger partial charge < -0.3 is 5.32 Å². The van der Waals surface area contributed by atoms with Gasteiger partial charge in [0.05, 0.1) is 6.42 Å². The van der Waals surface area contributed by atoms with E-state index in [1.807, 2.05) is 0 Å². The second-order valence-corrected chi connectivity index (χ2v) is 3.06. The highest BCUT2D eigenvalue weighted by Gasteiger charge is 2.05. The van der Waals surface area contributed by atoms with Crippen molar-refractivity contribution in [3.05, 3.63) is 5.82 Å². The molecule has 0 fully saturated rings. The molecule has 2 N–H and O–H groups in total. The predicted octanol–water partition coefficient (Wildman–Crippen LogP) is 0.0486. The van der Waals surface area contributed by atoms with Crippen molar-refractivity contribution in [1.29, 1.82) is 0 Å². The summed E-state index contributed by atoms with van der Waals surface area (Å²) in [7, 11) is 0. The number of nitrogens with zero attached hydrogens (tertiary/aromatic N) is 3. The van der Waals surface area contributed by atoms with E-state index in [9.17, 15) is 4.79 Å². The van der Waals surface area contributed by atoms with Gasteiger partial charge in [0.25, 0.3) is 0 Å². The van der Waals surface area contributed by atoms with Gasteiger partial charge in [0.15, 0.2) is 5.82 Å². The molecule has 0 atom stereocenters. The predicted molar refractivity (Wildman–Crippen MR) is 50.4 cm³/mol. The number of unbranched alkanes of at least 4 members (excludes halogenated alkanes) is 2. The smallest absolute Gasteiger partial charge is 0.227 e. The SMILES string of the molecule is CCCCCNC(=O)Cc1nn[nH]n1. The van der Waals surface area contributed by atoms with Crippen LogP contribution in [0.25, 0.3) is 0 Å². The van der Waals surface area contributed by atoms with Crippen molar-refractivity contribution in [3.63, 3.8) is 0 Å². The summed E-state index contributed by atoms with van der Waals surface area (Å²) >= 11 is 0. The Morgan fingerprint density at radius 3 is 3.00 bits per heavy atom. The van der Waals surface area contributed by atoms with Gasteiger partial charge in [-0.05, 0) is 6.42 Å². The molecule has 1 amide bonds. The summed E-state index contributed by atoms with van der Waals surface area (Å²) in [4.78, 5) is 11.2. The highest BCUT2D eigenvalue weighted by atomic mass is 16.1. The van der Waals surface area contributed by atoms with Crippen LogP contribution in [0.4, 0.5) is 0 Å². The van der Waals surface area contributed by atoms with Crippen molar-refractivity contribution >= 4 is 5.91 Å². The second kappa shape index (κ2) is 6.06. The molecule has 0 radical (unpaired) electrons. The topological polar surface area (TPSA) is 83.6 Å². The molecule has 14 heavy (non-hydrogen) atoms. The maximum atomic E-state index is 11.2. The Kier molecular flexibility index (Phi) is 4.60. The van der Waals surface area contributed by atoms with Crippen LogP contribution in [0.15, 0.2) is 0 Å². The summed E-state index contributed by atoms with van der Waals surface area (Å²) in [6.07, 6.45) is 3.51. The van der Waals surface area contributed by atoms with E-state index in [4.69, 9.17) is 0 Å². The molecule has 6 nitrogen and oxygen atoms in total. The number of aromatic nitrogens is 4. The maximum Gasteiger partial charge on any atom is 0.227 e. The molecule has 0 unspecified atom stereocenters. The summed E-state index contributed by atoms with van der Waals surface area (Å²) in [5.74, 6) is 0.375. The zero-order valence-electron chi connectivity index (χ0n) is 8.29. The quantitative estimate of drug-likeness (QED) is 0.631. The Hall–Kier alpha value is -1.46. The molecular formula is C8H15N5O. The van der Waals surface area contributed by atoms with E-state index in [-0.39, 0.29) is 12.3 Å². The Bertz CT molecular complexity index is 259. The van der Waals surface area contributed by atoms with Crippen LogP contribution in [0.2, 0.25) is 0 Å². The van der Waals surface area contributed by atoms with E-state index >= 15 is 0 Å². The molecule has 0 saturated heterocycles. The van der Waals surface area contributed by atoms with E-state index in [1.165, 1.54) is 0 Å². The number of H-pyrrole nitrogens is 1. The molecule has 1 aromatic heterocycles. The number of carbonyl (C=O) groups is 1. The number of hydrogen-bond donors (Lipinski definition) is 2. The van der Waals surface area contributed by atoms with Crippen LogP contribution in [0.1, 0.15) is 32.0 Å². The van der Waals surface area contributed by atoms with Gasteiger partial charge in [-0.1, -0.05) is 25.0 Å². The summed E-state index contributed by atoms with van der Waals surface area (Å²) in [6.45, 7) is 2.85. The molecule has 1 rings (SSSR count). The maximum absolute atomic E-state index is 11.2. The van der Waals surface area contributed by atoms with Crippen molar-refractivity contribution < 1.29 is 4.79 Å². The fourth-order valence-electron chi connectivity index (χ4n) is 1.07. The standard InChI is InChI=1S/C8H15N5O/c1-2-3-4-5-9-8(14)6-7-10-12-13-11-7/h2-6H2,1H3,(H,9,14)(H,10,11,12,13). The largest absolute Gasteiger partial charge is 0.356 e. The molecule has 0 aliphatic rings. The van der Waals surface area contributed by atoms with Crippen LogP contribution in [0.3, 0.4) is 0 Å². The molecule has 1 heterocycles. The first-order valence-electron chi connectivity index (χ1n) is 4.82. The zero-order chi connectivity index (χ0) is 10.2. The van der Waals surface area contributed by atoms with Gasteiger partial charge in [-0.3, -0.25) is 4.79 Å². The van der Waals surface area contributed by atoms with Crippen molar-refractivity contribution in [3.8, 4) is 0 Å². The van der Waals surface area contributed by atoms with Gasteiger partial charge in [0.2, 0.25) is 5.91 Å². The molecule has 0 bridgehead atoms. The number of hydrogen-bond acceptors (Lipinski definition) is 4. The van der Waals surface area contributed by atoms with Crippen molar-refractivity contribution in [2.75, 3.05) is 6.54 Å². The second-order valence-electron chi connectivity index (χ2n) is 3.06. The molecular weight excluding hydrogens is 182 g/mol. The number of tetrazole rings is 1. The van der Waals surface area contributed by atoms with Crippen LogP contribution in [0.5, 0.6) is 0 Å². The number of carbonyl (C=O) groups excluding carboxylic acids is 1. The number of amides is 1. The lowest BCUT2D eigenvalue weighted by Crippen LogP contribution is -2.26. The third-order valence-corrected chi connectivity index (χ3v) is 1.81. The lowest BCUT2D eigenvalue weighted by atomic mass is 10.2. The minimum absolute atomic E-state index is 0.0532. The zero-order valence-corrected chi connectivity index (χ0v) is 8.29. The lowest BCUT2D eigenvalue weighted by molar-refractivity contribution is -0.120. The monoisotopic (exact) mass is 197 g/mol. The first-order chi connectivity index (χ1) is 6.83.